The second kappa shape index (κ2) is 4.84. The molecule has 0 unspecified atom stereocenters. The molecular weight excluding hydrogens is 226 g/mol. The number of hydrogen-bond donors (Lipinski definition) is 1. The summed E-state index contributed by atoms with van der Waals surface area (Å²) in [6.45, 7) is 1.56. The van der Waals surface area contributed by atoms with E-state index in [2.05, 4.69) is 20.3 Å². The van der Waals surface area contributed by atoms with Crippen molar-refractivity contribution in [2.24, 2.45) is 0 Å². The fraction of sp³-hybridized carbons (Fsp3) is 0.667. The summed E-state index contributed by atoms with van der Waals surface area (Å²) >= 11 is 1.64. The van der Waals surface area contributed by atoms with Crippen LogP contribution in [0.15, 0.2) is 5.16 Å². The van der Waals surface area contributed by atoms with E-state index >= 15 is 0 Å². The highest BCUT2D eigenvalue weighted by atomic mass is 32.2. The molecule has 0 atom stereocenters. The highest BCUT2D eigenvalue weighted by molar-refractivity contribution is 7.99. The molecule has 6 nitrogen and oxygen atoms in total. The van der Waals surface area contributed by atoms with Gasteiger partial charge in [0.2, 0.25) is 11.9 Å². The summed E-state index contributed by atoms with van der Waals surface area (Å²) in [6.07, 6.45) is 0. The number of hydrogen-bond acceptors (Lipinski definition) is 7. The summed E-state index contributed by atoms with van der Waals surface area (Å²) in [4.78, 5) is 14.8. The van der Waals surface area contributed by atoms with Gasteiger partial charge in [0.25, 0.3) is 0 Å². The predicted molar refractivity (Wildman–Crippen MR) is 64.2 cm³/mol. The summed E-state index contributed by atoms with van der Waals surface area (Å²) in [6, 6.07) is 0. The Hall–Kier alpha value is -1.08. The number of ether oxygens (including phenoxy) is 1. The van der Waals surface area contributed by atoms with Crippen molar-refractivity contribution in [2.75, 3.05) is 44.6 Å². The zero-order chi connectivity index (χ0) is 11.5. The molecule has 0 aromatic carbocycles. The zero-order valence-electron chi connectivity index (χ0n) is 9.60. The lowest BCUT2D eigenvalue weighted by molar-refractivity contribution is 0.0454. The monoisotopic (exact) mass is 241 g/mol. The molecule has 16 heavy (non-hydrogen) atoms. The Labute approximate surface area is 98.8 Å². The second-order valence-electron chi connectivity index (χ2n) is 3.66. The Balaban J connectivity index is 2.18. The first-order valence-electron chi connectivity index (χ1n) is 5.04. The molecule has 0 spiro atoms. The van der Waals surface area contributed by atoms with E-state index in [0.29, 0.717) is 17.1 Å². The lowest BCUT2D eigenvalue weighted by Gasteiger charge is -2.24. The summed E-state index contributed by atoms with van der Waals surface area (Å²) in [5, 5.41) is 4.16. The Morgan fingerprint density at radius 1 is 1.31 bits per heavy atom. The molecular formula is C9H15N5OS. The number of nitrogens with zero attached hydrogens (tertiary/aromatic N) is 4. The lowest BCUT2D eigenvalue weighted by Crippen LogP contribution is -2.30. The molecule has 0 aliphatic carbocycles. The van der Waals surface area contributed by atoms with Crippen LogP contribution in [0.25, 0.3) is 0 Å². The number of anilines is 2. The molecule has 1 aliphatic rings. The van der Waals surface area contributed by atoms with Gasteiger partial charge in [-0.3, -0.25) is 0 Å². The largest absolute Gasteiger partial charge is 0.379 e. The van der Waals surface area contributed by atoms with Crippen LogP contribution in [0.5, 0.6) is 0 Å². The van der Waals surface area contributed by atoms with Crippen molar-refractivity contribution in [3.05, 3.63) is 0 Å². The standard InChI is InChI=1S/C9H15N5OS/c1-10-7-11-8(14(2)3)13-9(12-7)16-6-4-15-5-6/h6H,4-5H2,1-3H3,(H,10,11,12,13). The van der Waals surface area contributed by atoms with E-state index in [9.17, 15) is 0 Å². The van der Waals surface area contributed by atoms with E-state index in [1.165, 1.54) is 0 Å². The maximum absolute atomic E-state index is 5.12. The molecule has 0 saturated carbocycles. The van der Waals surface area contributed by atoms with E-state index in [1.54, 1.807) is 18.8 Å². The average molecular weight is 241 g/mol. The molecule has 7 heteroatoms. The number of aromatic nitrogens is 3. The number of thioether (sulfide) groups is 1. The van der Waals surface area contributed by atoms with Gasteiger partial charge < -0.3 is 15.0 Å². The van der Waals surface area contributed by atoms with E-state index in [4.69, 9.17) is 4.74 Å². The van der Waals surface area contributed by atoms with Crippen LogP contribution < -0.4 is 10.2 Å². The van der Waals surface area contributed by atoms with Crippen LogP contribution in [-0.2, 0) is 4.74 Å². The fourth-order valence-electron chi connectivity index (χ4n) is 1.14. The third-order valence-corrected chi connectivity index (χ3v) is 3.11. The van der Waals surface area contributed by atoms with E-state index < -0.39 is 0 Å². The zero-order valence-corrected chi connectivity index (χ0v) is 10.4. The molecule has 1 N–H and O–H groups in total. The first kappa shape index (κ1) is 11.4. The Bertz CT molecular complexity index is 369. The van der Waals surface area contributed by atoms with Crippen molar-refractivity contribution < 1.29 is 4.74 Å². The summed E-state index contributed by atoms with van der Waals surface area (Å²) < 4.78 is 5.12. The third kappa shape index (κ3) is 2.53. The molecule has 2 heterocycles. The topological polar surface area (TPSA) is 63.2 Å². The summed E-state index contributed by atoms with van der Waals surface area (Å²) in [5.41, 5.74) is 0. The number of nitrogens with one attached hydrogen (secondary N) is 1. The van der Waals surface area contributed by atoms with Gasteiger partial charge in [-0.05, 0) is 0 Å². The van der Waals surface area contributed by atoms with Crippen molar-refractivity contribution in [2.45, 2.75) is 10.4 Å². The smallest absolute Gasteiger partial charge is 0.230 e. The third-order valence-electron chi connectivity index (χ3n) is 2.11. The minimum atomic E-state index is 0.474. The molecule has 1 aromatic heterocycles. The summed E-state index contributed by atoms with van der Waals surface area (Å²) in [5.74, 6) is 1.27. The Kier molecular flexibility index (Phi) is 3.45. The van der Waals surface area contributed by atoms with Crippen molar-refractivity contribution in [1.29, 1.82) is 0 Å². The van der Waals surface area contributed by atoms with Gasteiger partial charge in [-0.15, -0.1) is 0 Å². The van der Waals surface area contributed by atoms with Gasteiger partial charge in [0.15, 0.2) is 5.16 Å². The van der Waals surface area contributed by atoms with Crippen LogP contribution in [0.4, 0.5) is 11.9 Å². The first-order valence-corrected chi connectivity index (χ1v) is 5.92. The molecule has 0 amide bonds. The Morgan fingerprint density at radius 2 is 2.06 bits per heavy atom. The van der Waals surface area contributed by atoms with Crippen molar-refractivity contribution in [3.63, 3.8) is 0 Å². The van der Waals surface area contributed by atoms with E-state index in [-0.39, 0.29) is 0 Å². The van der Waals surface area contributed by atoms with Gasteiger partial charge in [0.05, 0.1) is 18.5 Å². The number of rotatable bonds is 4. The fourth-order valence-corrected chi connectivity index (χ4v) is 2.04. The van der Waals surface area contributed by atoms with Gasteiger partial charge in [-0.1, -0.05) is 11.8 Å². The second-order valence-corrected chi connectivity index (χ2v) is 4.93. The molecule has 88 valence electrons. The van der Waals surface area contributed by atoms with Gasteiger partial charge in [0.1, 0.15) is 0 Å². The van der Waals surface area contributed by atoms with Gasteiger partial charge in [0, 0.05) is 21.1 Å². The maximum atomic E-state index is 5.12. The van der Waals surface area contributed by atoms with Crippen LogP contribution in [-0.4, -0.2) is 54.6 Å². The quantitative estimate of drug-likeness (QED) is 0.822. The van der Waals surface area contributed by atoms with Gasteiger partial charge in [-0.2, -0.15) is 15.0 Å². The van der Waals surface area contributed by atoms with Crippen molar-refractivity contribution >= 4 is 23.7 Å². The van der Waals surface area contributed by atoms with E-state index in [0.717, 1.165) is 18.4 Å². The highest BCUT2D eigenvalue weighted by Gasteiger charge is 2.21. The van der Waals surface area contributed by atoms with Crippen molar-refractivity contribution in [1.82, 2.24) is 15.0 Å². The highest BCUT2D eigenvalue weighted by Crippen LogP contribution is 2.26. The summed E-state index contributed by atoms with van der Waals surface area (Å²) in [7, 11) is 5.63. The lowest BCUT2D eigenvalue weighted by atomic mass is 10.4. The van der Waals surface area contributed by atoms with E-state index in [1.807, 2.05) is 19.0 Å². The minimum absolute atomic E-state index is 0.474. The SMILES string of the molecule is CNc1nc(SC2COC2)nc(N(C)C)n1. The van der Waals surface area contributed by atoms with Crippen molar-refractivity contribution in [3.8, 4) is 0 Å². The molecule has 0 bridgehead atoms. The first-order chi connectivity index (χ1) is 7.69. The normalized spacial score (nSPS) is 15.7. The van der Waals surface area contributed by atoms with Crippen LogP contribution in [0.3, 0.4) is 0 Å². The molecule has 1 fully saturated rings. The molecule has 1 aliphatic heterocycles. The maximum Gasteiger partial charge on any atom is 0.230 e. The average Bonchev–Trinajstić information content (AvgIpc) is 2.23. The van der Waals surface area contributed by atoms with Gasteiger partial charge in [-0.25, -0.2) is 0 Å². The molecule has 1 saturated heterocycles. The van der Waals surface area contributed by atoms with Crippen LogP contribution in [0, 0.1) is 0 Å². The molecule has 1 aromatic rings. The van der Waals surface area contributed by atoms with Gasteiger partial charge >= 0.3 is 0 Å². The molecule has 2 rings (SSSR count). The minimum Gasteiger partial charge on any atom is -0.379 e. The molecule has 0 radical (unpaired) electrons. The van der Waals surface area contributed by atoms with Crippen LogP contribution in [0.1, 0.15) is 0 Å². The predicted octanol–water partition coefficient (Wildman–Crippen LogP) is 0.470. The Morgan fingerprint density at radius 3 is 2.56 bits per heavy atom. The van der Waals surface area contributed by atoms with Crippen LogP contribution >= 0.6 is 11.8 Å². The van der Waals surface area contributed by atoms with Crippen LogP contribution in [0.2, 0.25) is 0 Å².